The summed E-state index contributed by atoms with van der Waals surface area (Å²) in [6, 6.07) is 7.37. The number of anilines is 1. The van der Waals surface area contributed by atoms with Crippen molar-refractivity contribution in [1.82, 2.24) is 0 Å². The van der Waals surface area contributed by atoms with Gasteiger partial charge in [0.05, 0.1) is 4.88 Å². The summed E-state index contributed by atoms with van der Waals surface area (Å²) in [7, 11) is 0. The molecule has 82 valence electrons. The van der Waals surface area contributed by atoms with E-state index in [0.717, 1.165) is 21.7 Å². The molecule has 1 heterocycles. The van der Waals surface area contributed by atoms with Gasteiger partial charge < -0.3 is 5.73 Å². The van der Waals surface area contributed by atoms with Crippen molar-refractivity contribution >= 4 is 22.8 Å². The van der Waals surface area contributed by atoms with E-state index < -0.39 is 0 Å². The Morgan fingerprint density at radius 3 is 2.50 bits per heavy atom. The average Bonchev–Trinajstić information content (AvgIpc) is 2.67. The van der Waals surface area contributed by atoms with Gasteiger partial charge in [-0.05, 0) is 54.6 Å². The van der Waals surface area contributed by atoms with Crippen molar-refractivity contribution in [1.29, 1.82) is 0 Å². The van der Waals surface area contributed by atoms with Crippen molar-refractivity contribution in [3.05, 3.63) is 51.2 Å². The van der Waals surface area contributed by atoms with Crippen LogP contribution in [0, 0.1) is 13.8 Å². The molecule has 0 aliphatic rings. The molecule has 0 aliphatic heterocycles. The molecule has 3 heteroatoms. The lowest BCUT2D eigenvalue weighted by Crippen LogP contribution is -2.02. The number of nitrogens with two attached hydrogens (primary N) is 1. The van der Waals surface area contributed by atoms with E-state index in [9.17, 15) is 4.79 Å². The lowest BCUT2D eigenvalue weighted by Gasteiger charge is -2.03. The molecule has 0 aliphatic carbocycles. The summed E-state index contributed by atoms with van der Waals surface area (Å²) in [5.41, 5.74) is 9.13. The maximum atomic E-state index is 12.2. The zero-order valence-electron chi connectivity index (χ0n) is 9.28. The van der Waals surface area contributed by atoms with Crippen molar-refractivity contribution in [2.24, 2.45) is 0 Å². The van der Waals surface area contributed by atoms with Crippen molar-refractivity contribution in [2.45, 2.75) is 13.8 Å². The number of rotatable bonds is 2. The van der Waals surface area contributed by atoms with E-state index >= 15 is 0 Å². The van der Waals surface area contributed by atoms with E-state index in [0.29, 0.717) is 5.56 Å². The van der Waals surface area contributed by atoms with Gasteiger partial charge in [-0.25, -0.2) is 0 Å². The van der Waals surface area contributed by atoms with Gasteiger partial charge >= 0.3 is 0 Å². The normalized spacial score (nSPS) is 10.4. The second-order valence-corrected chi connectivity index (χ2v) is 4.75. The number of hydrogen-bond acceptors (Lipinski definition) is 3. The van der Waals surface area contributed by atoms with Crippen molar-refractivity contribution in [3.63, 3.8) is 0 Å². The maximum Gasteiger partial charge on any atom is 0.203 e. The van der Waals surface area contributed by atoms with Crippen LogP contribution in [0.2, 0.25) is 0 Å². The average molecular weight is 231 g/mol. The highest BCUT2D eigenvalue weighted by Crippen LogP contribution is 2.21. The highest BCUT2D eigenvalue weighted by atomic mass is 32.1. The zero-order valence-corrected chi connectivity index (χ0v) is 10.1. The van der Waals surface area contributed by atoms with Crippen molar-refractivity contribution in [2.75, 3.05) is 5.73 Å². The summed E-state index contributed by atoms with van der Waals surface area (Å²) in [5.74, 6) is 0.0793. The fraction of sp³-hybridized carbons (Fsp3) is 0.154. The molecule has 0 unspecified atom stereocenters. The van der Waals surface area contributed by atoms with E-state index in [1.54, 1.807) is 12.1 Å². The predicted molar refractivity (Wildman–Crippen MR) is 68.1 cm³/mol. The molecule has 0 bridgehead atoms. The van der Waals surface area contributed by atoms with Gasteiger partial charge in [-0.1, -0.05) is 0 Å². The van der Waals surface area contributed by atoms with E-state index in [1.807, 2.05) is 31.4 Å². The third kappa shape index (κ3) is 1.86. The molecule has 0 saturated carbocycles. The Bertz CT molecular complexity index is 543. The second kappa shape index (κ2) is 4.10. The third-order valence-corrected chi connectivity index (χ3v) is 3.62. The molecule has 2 N–H and O–H groups in total. The van der Waals surface area contributed by atoms with Crippen LogP contribution in [-0.4, -0.2) is 5.78 Å². The lowest BCUT2D eigenvalue weighted by atomic mass is 10.0. The van der Waals surface area contributed by atoms with Crippen LogP contribution in [0.1, 0.15) is 26.4 Å². The lowest BCUT2D eigenvalue weighted by molar-refractivity contribution is 0.104. The summed E-state index contributed by atoms with van der Waals surface area (Å²) >= 11 is 1.48. The molecule has 2 rings (SSSR count). The fourth-order valence-corrected chi connectivity index (χ4v) is 2.44. The largest absolute Gasteiger partial charge is 0.399 e. The number of ketones is 1. The van der Waals surface area contributed by atoms with Crippen LogP contribution in [0.4, 0.5) is 5.69 Å². The van der Waals surface area contributed by atoms with Crippen LogP contribution in [0.25, 0.3) is 0 Å². The molecule has 0 amide bonds. The third-order valence-electron chi connectivity index (χ3n) is 2.60. The van der Waals surface area contributed by atoms with Gasteiger partial charge in [0.25, 0.3) is 0 Å². The molecule has 1 aromatic heterocycles. The first-order valence-corrected chi connectivity index (χ1v) is 5.92. The number of aryl methyl sites for hydroxylation is 2. The Morgan fingerprint density at radius 1 is 1.19 bits per heavy atom. The number of carbonyl (C=O) groups excluding carboxylic acids is 1. The van der Waals surface area contributed by atoms with Crippen LogP contribution in [0.15, 0.2) is 29.6 Å². The maximum absolute atomic E-state index is 12.2. The molecule has 1 aromatic carbocycles. The van der Waals surface area contributed by atoms with Crippen molar-refractivity contribution < 1.29 is 4.79 Å². The fourth-order valence-electron chi connectivity index (χ4n) is 1.55. The Labute approximate surface area is 98.7 Å². The summed E-state index contributed by atoms with van der Waals surface area (Å²) in [4.78, 5) is 13.0. The molecule has 0 atom stereocenters. The molecule has 2 aromatic rings. The summed E-state index contributed by atoms with van der Waals surface area (Å²) in [6.07, 6.45) is 0. The van der Waals surface area contributed by atoms with Crippen LogP contribution in [0.3, 0.4) is 0 Å². The topological polar surface area (TPSA) is 43.1 Å². The highest BCUT2D eigenvalue weighted by molar-refractivity contribution is 7.12. The quantitative estimate of drug-likeness (QED) is 0.637. The molecule has 0 radical (unpaired) electrons. The number of thiophene rings is 1. The standard InChI is InChI=1S/C13H13NOS/c1-8-5-6-16-13(8)12(15)10-3-4-11(14)9(2)7-10/h3-7H,14H2,1-2H3. The van der Waals surface area contributed by atoms with E-state index in [2.05, 4.69) is 0 Å². The second-order valence-electron chi connectivity index (χ2n) is 3.83. The number of nitrogen functional groups attached to an aromatic ring is 1. The molecular formula is C13H13NOS. The van der Waals surface area contributed by atoms with Gasteiger partial charge in [0.1, 0.15) is 0 Å². The Balaban J connectivity index is 2.42. The molecule has 0 spiro atoms. The van der Waals surface area contributed by atoms with E-state index in [4.69, 9.17) is 5.73 Å². The molecular weight excluding hydrogens is 218 g/mol. The summed E-state index contributed by atoms with van der Waals surface area (Å²) < 4.78 is 0. The molecule has 0 saturated heterocycles. The number of benzene rings is 1. The van der Waals surface area contributed by atoms with Crippen LogP contribution in [0.5, 0.6) is 0 Å². The molecule has 2 nitrogen and oxygen atoms in total. The number of carbonyl (C=O) groups is 1. The number of hydrogen-bond donors (Lipinski definition) is 1. The van der Waals surface area contributed by atoms with Crippen LogP contribution >= 0.6 is 11.3 Å². The minimum absolute atomic E-state index is 0.0793. The van der Waals surface area contributed by atoms with Crippen molar-refractivity contribution in [3.8, 4) is 0 Å². The van der Waals surface area contributed by atoms with Gasteiger partial charge in [-0.15, -0.1) is 11.3 Å². The first-order chi connectivity index (χ1) is 7.59. The van der Waals surface area contributed by atoms with Gasteiger partial charge in [0, 0.05) is 11.3 Å². The minimum atomic E-state index is 0.0793. The van der Waals surface area contributed by atoms with Gasteiger partial charge in [-0.3, -0.25) is 4.79 Å². The predicted octanol–water partition coefficient (Wildman–Crippen LogP) is 3.18. The Hall–Kier alpha value is -1.61. The smallest absolute Gasteiger partial charge is 0.203 e. The summed E-state index contributed by atoms with van der Waals surface area (Å²) in [5, 5.41) is 1.94. The first-order valence-electron chi connectivity index (χ1n) is 5.04. The zero-order chi connectivity index (χ0) is 11.7. The highest BCUT2D eigenvalue weighted by Gasteiger charge is 2.13. The SMILES string of the molecule is Cc1cc(C(=O)c2sccc2C)ccc1N. The van der Waals surface area contributed by atoms with Crippen LogP contribution < -0.4 is 5.73 Å². The Morgan fingerprint density at radius 2 is 1.94 bits per heavy atom. The van der Waals surface area contributed by atoms with Gasteiger partial charge in [0.2, 0.25) is 5.78 Å². The van der Waals surface area contributed by atoms with Crippen LogP contribution in [-0.2, 0) is 0 Å². The monoisotopic (exact) mass is 231 g/mol. The molecule has 16 heavy (non-hydrogen) atoms. The first kappa shape index (κ1) is 10.9. The summed E-state index contributed by atoms with van der Waals surface area (Å²) in [6.45, 7) is 3.86. The van der Waals surface area contributed by atoms with Gasteiger partial charge in [-0.2, -0.15) is 0 Å². The van der Waals surface area contributed by atoms with Gasteiger partial charge in [0.15, 0.2) is 0 Å². The molecule has 0 fully saturated rings. The van der Waals surface area contributed by atoms with E-state index in [1.165, 1.54) is 11.3 Å². The minimum Gasteiger partial charge on any atom is -0.399 e. The van der Waals surface area contributed by atoms with E-state index in [-0.39, 0.29) is 5.78 Å². The Kier molecular flexibility index (Phi) is 2.79.